The number of anilines is 5. The molecule has 0 amide bonds. The van der Waals surface area contributed by atoms with Crippen molar-refractivity contribution in [2.45, 2.75) is 13.8 Å². The zero-order chi connectivity index (χ0) is 18.5. The summed E-state index contributed by atoms with van der Waals surface area (Å²) in [5, 5.41) is 3.28. The van der Waals surface area contributed by atoms with E-state index in [1.807, 2.05) is 55.5 Å². The molecule has 0 unspecified atom stereocenters. The fraction of sp³-hybridized carbons (Fsp3) is 0.200. The molecule has 3 rings (SSSR count). The molecule has 26 heavy (non-hydrogen) atoms. The van der Waals surface area contributed by atoms with Gasteiger partial charge >= 0.3 is 0 Å². The summed E-state index contributed by atoms with van der Waals surface area (Å²) in [6, 6.07) is 15.9. The first-order valence-electron chi connectivity index (χ1n) is 8.48. The monoisotopic (exact) mass is 349 g/mol. The molecule has 0 aliphatic carbocycles. The lowest BCUT2D eigenvalue weighted by molar-refractivity contribution is 0.416. The third-order valence-corrected chi connectivity index (χ3v) is 4.11. The van der Waals surface area contributed by atoms with Crippen molar-refractivity contribution >= 4 is 28.7 Å². The summed E-state index contributed by atoms with van der Waals surface area (Å²) in [4.78, 5) is 10.8. The minimum absolute atomic E-state index is 0.488. The van der Waals surface area contributed by atoms with Crippen molar-refractivity contribution in [3.8, 4) is 5.75 Å². The quantitative estimate of drug-likeness (QED) is 0.692. The molecule has 1 aromatic heterocycles. The number of ether oxygens (including phenoxy) is 1. The van der Waals surface area contributed by atoms with Crippen molar-refractivity contribution in [2.24, 2.45) is 0 Å². The Kier molecular flexibility index (Phi) is 5.22. The number of aromatic nitrogens is 2. The Morgan fingerprint density at radius 1 is 1.12 bits per heavy atom. The van der Waals surface area contributed by atoms with E-state index in [4.69, 9.17) is 10.5 Å². The van der Waals surface area contributed by atoms with E-state index in [2.05, 4.69) is 27.1 Å². The van der Waals surface area contributed by atoms with Crippen LogP contribution in [0.3, 0.4) is 0 Å². The van der Waals surface area contributed by atoms with Gasteiger partial charge in [-0.15, -0.1) is 0 Å². The molecule has 0 fully saturated rings. The highest BCUT2D eigenvalue weighted by molar-refractivity contribution is 5.82. The number of rotatable bonds is 6. The molecule has 6 nitrogen and oxygen atoms in total. The van der Waals surface area contributed by atoms with Gasteiger partial charge in [-0.2, -0.15) is 0 Å². The van der Waals surface area contributed by atoms with E-state index < -0.39 is 0 Å². The van der Waals surface area contributed by atoms with E-state index in [0.29, 0.717) is 17.3 Å². The topological polar surface area (TPSA) is 76.3 Å². The predicted octanol–water partition coefficient (Wildman–Crippen LogP) is 4.28. The molecular weight excluding hydrogens is 326 g/mol. The maximum Gasteiger partial charge on any atom is 0.161 e. The first-order valence-corrected chi connectivity index (χ1v) is 8.48. The minimum atomic E-state index is 0.488. The molecule has 3 N–H and O–H groups in total. The lowest BCUT2D eigenvalue weighted by atomic mass is 10.2. The second-order valence-electron chi connectivity index (χ2n) is 5.87. The van der Waals surface area contributed by atoms with Crippen LogP contribution in [0.25, 0.3) is 0 Å². The molecule has 1 heterocycles. The van der Waals surface area contributed by atoms with Gasteiger partial charge in [-0.05, 0) is 43.7 Å². The van der Waals surface area contributed by atoms with E-state index in [1.165, 1.54) is 6.33 Å². The minimum Gasteiger partial charge on any atom is -0.495 e. The molecule has 3 aromatic rings. The van der Waals surface area contributed by atoms with Gasteiger partial charge in [0.15, 0.2) is 11.6 Å². The summed E-state index contributed by atoms with van der Waals surface area (Å²) in [6.45, 7) is 4.82. The molecule has 0 radical (unpaired) electrons. The van der Waals surface area contributed by atoms with Crippen LogP contribution in [-0.2, 0) is 0 Å². The lowest BCUT2D eigenvalue weighted by Crippen LogP contribution is -2.19. The van der Waals surface area contributed by atoms with Crippen LogP contribution < -0.4 is 20.7 Å². The largest absolute Gasteiger partial charge is 0.495 e. The highest BCUT2D eigenvalue weighted by Crippen LogP contribution is 2.35. The Morgan fingerprint density at radius 2 is 1.88 bits per heavy atom. The molecule has 0 saturated heterocycles. The number of para-hydroxylation sites is 1. The fourth-order valence-corrected chi connectivity index (χ4v) is 2.81. The van der Waals surface area contributed by atoms with Crippen molar-refractivity contribution in [1.29, 1.82) is 0 Å². The molecule has 2 aromatic carbocycles. The number of hydrogen-bond acceptors (Lipinski definition) is 6. The fourth-order valence-electron chi connectivity index (χ4n) is 2.81. The molecule has 0 aliphatic heterocycles. The summed E-state index contributed by atoms with van der Waals surface area (Å²) < 4.78 is 5.42. The Labute approximate surface area is 153 Å². The zero-order valence-corrected chi connectivity index (χ0v) is 15.2. The average molecular weight is 349 g/mol. The SMILES string of the molecule is CCN(c1ccccc1)c1ncnc(Nc2cc(C)ccc2OC)c1N. The van der Waals surface area contributed by atoms with Gasteiger partial charge in [0.05, 0.1) is 12.8 Å². The van der Waals surface area contributed by atoms with E-state index in [-0.39, 0.29) is 0 Å². The van der Waals surface area contributed by atoms with Gasteiger partial charge in [0, 0.05) is 12.2 Å². The van der Waals surface area contributed by atoms with Crippen molar-refractivity contribution in [3.63, 3.8) is 0 Å². The number of nitrogens with one attached hydrogen (secondary N) is 1. The number of nitrogens with zero attached hydrogens (tertiary/aromatic N) is 3. The van der Waals surface area contributed by atoms with Crippen LogP contribution in [0.5, 0.6) is 5.75 Å². The maximum absolute atomic E-state index is 6.40. The average Bonchev–Trinajstić information content (AvgIpc) is 2.66. The first-order chi connectivity index (χ1) is 12.6. The maximum atomic E-state index is 6.40. The van der Waals surface area contributed by atoms with Crippen LogP contribution >= 0.6 is 0 Å². The first kappa shape index (κ1) is 17.5. The second kappa shape index (κ2) is 7.74. The van der Waals surface area contributed by atoms with Gasteiger partial charge in [-0.25, -0.2) is 9.97 Å². The van der Waals surface area contributed by atoms with E-state index in [9.17, 15) is 0 Å². The molecule has 134 valence electrons. The number of nitrogens with two attached hydrogens (primary N) is 1. The van der Waals surface area contributed by atoms with Crippen molar-refractivity contribution in [1.82, 2.24) is 9.97 Å². The van der Waals surface area contributed by atoms with Gasteiger partial charge in [0.25, 0.3) is 0 Å². The smallest absolute Gasteiger partial charge is 0.161 e. The van der Waals surface area contributed by atoms with Gasteiger partial charge in [-0.3, -0.25) is 0 Å². The van der Waals surface area contributed by atoms with Crippen molar-refractivity contribution in [2.75, 3.05) is 29.6 Å². The molecule has 0 spiro atoms. The standard InChI is InChI=1S/C20H23N5O/c1-4-25(15-8-6-5-7-9-15)20-18(21)19(22-13-23-20)24-16-12-14(2)10-11-17(16)26-3/h5-13H,4,21H2,1-3H3,(H,22,23,24). The number of benzene rings is 2. The van der Waals surface area contributed by atoms with Crippen LogP contribution in [0.2, 0.25) is 0 Å². The van der Waals surface area contributed by atoms with Crippen LogP contribution in [0, 0.1) is 6.92 Å². The third kappa shape index (κ3) is 3.54. The summed E-state index contributed by atoms with van der Waals surface area (Å²) in [5.41, 5.74) is 9.84. The van der Waals surface area contributed by atoms with Crippen LogP contribution in [0.1, 0.15) is 12.5 Å². The van der Waals surface area contributed by atoms with Crippen molar-refractivity contribution in [3.05, 3.63) is 60.4 Å². The molecule has 0 atom stereocenters. The van der Waals surface area contributed by atoms with E-state index in [0.717, 1.165) is 29.2 Å². The number of aryl methyl sites for hydroxylation is 1. The summed E-state index contributed by atoms with van der Waals surface area (Å²) in [6.07, 6.45) is 1.52. The Morgan fingerprint density at radius 3 is 2.58 bits per heavy atom. The van der Waals surface area contributed by atoms with E-state index >= 15 is 0 Å². The third-order valence-electron chi connectivity index (χ3n) is 4.11. The van der Waals surface area contributed by atoms with Crippen LogP contribution in [0.4, 0.5) is 28.7 Å². The number of nitrogen functional groups attached to an aromatic ring is 1. The van der Waals surface area contributed by atoms with Crippen molar-refractivity contribution < 1.29 is 4.74 Å². The molecule has 6 heteroatoms. The predicted molar refractivity (Wildman–Crippen MR) is 107 cm³/mol. The molecule has 0 bridgehead atoms. The molecule has 0 saturated carbocycles. The van der Waals surface area contributed by atoms with Gasteiger partial charge < -0.3 is 20.7 Å². The number of hydrogen-bond donors (Lipinski definition) is 2. The molecule has 0 aliphatic rings. The summed E-state index contributed by atoms with van der Waals surface area (Å²) >= 11 is 0. The van der Waals surface area contributed by atoms with Crippen LogP contribution in [-0.4, -0.2) is 23.6 Å². The Hall–Kier alpha value is -3.28. The van der Waals surface area contributed by atoms with Gasteiger partial charge in [0.1, 0.15) is 17.8 Å². The lowest BCUT2D eigenvalue weighted by Gasteiger charge is -2.24. The Bertz CT molecular complexity index is 883. The highest BCUT2D eigenvalue weighted by Gasteiger charge is 2.16. The highest BCUT2D eigenvalue weighted by atomic mass is 16.5. The van der Waals surface area contributed by atoms with Crippen LogP contribution in [0.15, 0.2) is 54.9 Å². The van der Waals surface area contributed by atoms with E-state index in [1.54, 1.807) is 7.11 Å². The Balaban J connectivity index is 1.99. The second-order valence-corrected chi connectivity index (χ2v) is 5.87. The summed E-state index contributed by atoms with van der Waals surface area (Å²) in [7, 11) is 1.64. The normalized spacial score (nSPS) is 10.4. The molecular formula is C20H23N5O. The zero-order valence-electron chi connectivity index (χ0n) is 15.2. The summed E-state index contributed by atoms with van der Waals surface area (Å²) in [5.74, 6) is 1.95. The van der Waals surface area contributed by atoms with Gasteiger partial charge in [0.2, 0.25) is 0 Å². The number of methoxy groups -OCH3 is 1. The van der Waals surface area contributed by atoms with Gasteiger partial charge in [-0.1, -0.05) is 24.3 Å².